The molecule has 0 fully saturated rings. The van der Waals surface area contributed by atoms with Crippen LogP contribution in [0.1, 0.15) is 5.69 Å². The zero-order chi connectivity index (χ0) is 18.0. The molecule has 3 rings (SSSR count). The molecule has 0 bridgehead atoms. The number of benzene rings is 2. The molecular weight excluding hydrogens is 345 g/mol. The molecule has 2 aromatic carbocycles. The normalized spacial score (nSPS) is 11.2. The van der Waals surface area contributed by atoms with Gasteiger partial charge in [-0.15, -0.1) is 0 Å². The molecule has 0 aliphatic rings. The van der Waals surface area contributed by atoms with Crippen molar-refractivity contribution in [1.82, 2.24) is 10.3 Å². The van der Waals surface area contributed by atoms with Crippen LogP contribution in [0.25, 0.3) is 0 Å². The average molecular weight is 370 g/mol. The van der Waals surface area contributed by atoms with E-state index in [1.54, 1.807) is 7.11 Å². The van der Waals surface area contributed by atoms with E-state index in [9.17, 15) is 0 Å². The van der Waals surface area contributed by atoms with Gasteiger partial charge in [0.2, 0.25) is 5.69 Å². The molecule has 0 saturated carbocycles. The Morgan fingerprint density at radius 1 is 0.923 bits per heavy atom. The number of aromatic amines is 1. The van der Waals surface area contributed by atoms with Gasteiger partial charge in [-0.2, -0.15) is 4.68 Å². The van der Waals surface area contributed by atoms with E-state index in [0.29, 0.717) is 19.8 Å². The quantitative estimate of drug-likeness (QED) is 0.337. The lowest BCUT2D eigenvalue weighted by molar-refractivity contribution is -0.754. The minimum absolute atomic E-state index is 0.478. The van der Waals surface area contributed by atoms with Crippen molar-refractivity contribution in [3.05, 3.63) is 72.6 Å². The Labute approximate surface area is 155 Å². The number of methoxy groups -OCH3 is 1. The van der Waals surface area contributed by atoms with Crippen molar-refractivity contribution in [1.29, 1.82) is 0 Å². The highest BCUT2D eigenvalue weighted by molar-refractivity contribution is 7.72. The van der Waals surface area contributed by atoms with Gasteiger partial charge in [0.25, 0.3) is 0 Å². The Bertz CT molecular complexity index is 725. The van der Waals surface area contributed by atoms with Crippen molar-refractivity contribution in [3.8, 4) is 0 Å². The second kappa shape index (κ2) is 10.2. The third-order valence-corrected chi connectivity index (χ3v) is 6.47. The van der Waals surface area contributed by atoms with Gasteiger partial charge in [-0.05, 0) is 18.5 Å². The fourth-order valence-corrected chi connectivity index (χ4v) is 4.88. The molecule has 0 radical (unpaired) electrons. The van der Waals surface area contributed by atoms with Gasteiger partial charge in [0.15, 0.2) is 6.20 Å². The second-order valence-corrected chi connectivity index (χ2v) is 8.09. The fourth-order valence-electron chi connectivity index (χ4n) is 2.67. The van der Waals surface area contributed by atoms with Crippen molar-refractivity contribution in [3.63, 3.8) is 0 Å². The molecule has 6 heteroatoms. The number of hydrogen-bond acceptors (Lipinski definition) is 3. The van der Waals surface area contributed by atoms with Crippen LogP contribution in [-0.2, 0) is 22.2 Å². The molecule has 5 nitrogen and oxygen atoms in total. The van der Waals surface area contributed by atoms with Crippen LogP contribution in [0.3, 0.4) is 0 Å². The van der Waals surface area contributed by atoms with Crippen LogP contribution in [0.4, 0.5) is 0 Å². The van der Waals surface area contributed by atoms with E-state index in [-0.39, 0.29) is 0 Å². The summed E-state index contributed by atoms with van der Waals surface area (Å²) in [6.07, 6.45) is 3.00. The fraction of sp³-hybridized carbons (Fsp3) is 0.300. The first-order chi connectivity index (χ1) is 12.9. The van der Waals surface area contributed by atoms with Crippen molar-refractivity contribution < 1.29 is 14.2 Å². The van der Waals surface area contributed by atoms with Gasteiger partial charge in [-0.3, -0.25) is 0 Å². The van der Waals surface area contributed by atoms with Gasteiger partial charge >= 0.3 is 0 Å². The van der Waals surface area contributed by atoms with Crippen molar-refractivity contribution in [2.45, 2.75) is 12.7 Å². The Balaban J connectivity index is 1.66. The predicted molar refractivity (Wildman–Crippen MR) is 104 cm³/mol. The molecule has 1 heterocycles. The minimum Gasteiger partial charge on any atom is -0.382 e. The number of aromatic nitrogens is 3. The topological polar surface area (TPSA) is 51.0 Å². The summed E-state index contributed by atoms with van der Waals surface area (Å²) in [4.78, 5) is 0. The van der Waals surface area contributed by atoms with Gasteiger partial charge in [0, 0.05) is 18.4 Å². The van der Waals surface area contributed by atoms with Crippen LogP contribution in [0.5, 0.6) is 0 Å². The van der Waals surface area contributed by atoms with E-state index in [2.05, 4.69) is 77.2 Å². The number of H-pyrrole nitrogens is 1. The Morgan fingerprint density at radius 3 is 2.19 bits per heavy atom. The monoisotopic (exact) mass is 370 g/mol. The van der Waals surface area contributed by atoms with Crippen LogP contribution in [0.15, 0.2) is 66.9 Å². The van der Waals surface area contributed by atoms with Crippen LogP contribution >= 0.6 is 7.92 Å². The summed E-state index contributed by atoms with van der Waals surface area (Å²) in [6.45, 7) is 2.63. The first-order valence-corrected chi connectivity index (χ1v) is 10.3. The van der Waals surface area contributed by atoms with E-state index in [1.165, 1.54) is 10.6 Å². The number of nitrogens with one attached hydrogen (secondary N) is 1. The van der Waals surface area contributed by atoms with Crippen molar-refractivity contribution in [2.24, 2.45) is 0 Å². The molecular formula is C20H25N3O2P+. The molecule has 136 valence electrons. The number of rotatable bonds is 10. The Kier molecular flexibility index (Phi) is 7.32. The van der Waals surface area contributed by atoms with Gasteiger partial charge in [-0.25, -0.2) is 0 Å². The lowest BCUT2D eigenvalue weighted by Crippen LogP contribution is -2.37. The van der Waals surface area contributed by atoms with Gasteiger partial charge < -0.3 is 9.47 Å². The maximum Gasteiger partial charge on any atom is 0.223 e. The third kappa shape index (κ3) is 5.46. The van der Waals surface area contributed by atoms with Crippen LogP contribution in [0, 0.1) is 0 Å². The maximum atomic E-state index is 5.52. The van der Waals surface area contributed by atoms with E-state index >= 15 is 0 Å². The first-order valence-electron chi connectivity index (χ1n) is 8.75. The highest BCUT2D eigenvalue weighted by Gasteiger charge is 2.19. The van der Waals surface area contributed by atoms with E-state index < -0.39 is 7.92 Å². The molecule has 0 spiro atoms. The van der Waals surface area contributed by atoms with Gasteiger partial charge in [-0.1, -0.05) is 65.9 Å². The molecule has 0 saturated heterocycles. The molecule has 1 aromatic heterocycles. The minimum atomic E-state index is -0.478. The van der Waals surface area contributed by atoms with Crippen LogP contribution in [-0.4, -0.2) is 37.2 Å². The smallest absolute Gasteiger partial charge is 0.223 e. The Hall–Kier alpha value is -2.07. The van der Waals surface area contributed by atoms with E-state index in [1.807, 2.05) is 4.68 Å². The maximum absolute atomic E-state index is 5.52. The summed E-state index contributed by atoms with van der Waals surface area (Å²) in [5, 5.41) is 10.3. The summed E-state index contributed by atoms with van der Waals surface area (Å²) in [6, 6.07) is 21.4. The molecule has 0 atom stereocenters. The summed E-state index contributed by atoms with van der Waals surface area (Å²) in [5.74, 6) is 0. The largest absolute Gasteiger partial charge is 0.382 e. The molecule has 0 unspecified atom stereocenters. The standard InChI is InChI=1S/C20H24N3O2P/c1-24-14-15-25-13-12-23-16-18(21-22-23)17-26(19-8-4-2-5-9-19)20-10-6-3-7-11-20/h2-11,16H,12-15,17H2,1H3/p+1. The molecule has 0 amide bonds. The number of hydrogen-bond donors (Lipinski definition) is 1. The van der Waals surface area contributed by atoms with Gasteiger partial charge in [0.1, 0.15) is 6.54 Å². The van der Waals surface area contributed by atoms with Gasteiger partial charge in [0.05, 0.1) is 19.8 Å². The highest BCUT2D eigenvalue weighted by Crippen LogP contribution is 2.36. The predicted octanol–water partition coefficient (Wildman–Crippen LogP) is 1.99. The summed E-state index contributed by atoms with van der Waals surface area (Å²) in [5.41, 5.74) is 1.07. The molecule has 3 aromatic rings. The van der Waals surface area contributed by atoms with Crippen molar-refractivity contribution in [2.75, 3.05) is 26.9 Å². The van der Waals surface area contributed by atoms with Crippen LogP contribution in [0.2, 0.25) is 0 Å². The third-order valence-electron chi connectivity index (χ3n) is 3.99. The summed E-state index contributed by atoms with van der Waals surface area (Å²) < 4.78 is 12.5. The molecule has 0 aliphatic heterocycles. The summed E-state index contributed by atoms with van der Waals surface area (Å²) >= 11 is 0. The zero-order valence-corrected chi connectivity index (χ0v) is 15.9. The zero-order valence-electron chi connectivity index (χ0n) is 15.0. The summed E-state index contributed by atoms with van der Waals surface area (Å²) in [7, 11) is 1.20. The lowest BCUT2D eigenvalue weighted by atomic mass is 10.4. The van der Waals surface area contributed by atoms with E-state index in [4.69, 9.17) is 9.47 Å². The SMILES string of the molecule is COCCOCC[n+]1cc(CP(c2ccccc2)c2ccccc2)n[nH]1. The Morgan fingerprint density at radius 2 is 1.58 bits per heavy atom. The second-order valence-electron chi connectivity index (χ2n) is 5.89. The average Bonchev–Trinajstić information content (AvgIpc) is 3.15. The lowest BCUT2D eigenvalue weighted by Gasteiger charge is -2.16. The molecule has 0 aliphatic carbocycles. The van der Waals surface area contributed by atoms with E-state index in [0.717, 1.165) is 18.4 Å². The number of ether oxygens (including phenoxy) is 2. The van der Waals surface area contributed by atoms with Crippen LogP contribution < -0.4 is 15.3 Å². The molecule has 1 N–H and O–H groups in total. The highest BCUT2D eigenvalue weighted by atomic mass is 31.1. The first kappa shape index (κ1) is 18.7. The van der Waals surface area contributed by atoms with Crippen molar-refractivity contribution >= 4 is 18.5 Å². The molecule has 26 heavy (non-hydrogen) atoms. The number of nitrogens with zero attached hydrogens (tertiary/aromatic N) is 2.